The largest absolute Gasteiger partial charge is 0.463 e. The maximum Gasteiger partial charge on any atom is 0.330 e. The topological polar surface area (TPSA) is 114 Å². The Morgan fingerprint density at radius 2 is 2.00 bits per heavy atom. The molecule has 1 aliphatic heterocycles. The van der Waals surface area contributed by atoms with Crippen LogP contribution in [0.3, 0.4) is 0 Å². The minimum Gasteiger partial charge on any atom is -0.463 e. The molecule has 0 radical (unpaired) electrons. The minimum absolute atomic E-state index is 0.0685. The van der Waals surface area contributed by atoms with E-state index >= 15 is 0 Å². The van der Waals surface area contributed by atoms with Gasteiger partial charge in [0.1, 0.15) is 12.7 Å². The van der Waals surface area contributed by atoms with Gasteiger partial charge in [-0.25, -0.2) is 4.79 Å². The van der Waals surface area contributed by atoms with E-state index in [9.17, 15) is 23.9 Å². The molecule has 0 bridgehead atoms. The van der Waals surface area contributed by atoms with Crippen molar-refractivity contribution in [3.05, 3.63) is 67.7 Å². The Hall–Kier alpha value is -2.53. The number of ether oxygens (including phenoxy) is 2. The third-order valence-electron chi connectivity index (χ3n) is 5.99. The highest BCUT2D eigenvalue weighted by Gasteiger charge is 2.48. The Bertz CT molecular complexity index is 1100. The van der Waals surface area contributed by atoms with E-state index in [1.807, 2.05) is 18.8 Å². The molecule has 2 aromatic rings. The van der Waals surface area contributed by atoms with Gasteiger partial charge in [0.05, 0.1) is 18.7 Å². The Morgan fingerprint density at radius 1 is 1.32 bits per heavy atom. The third kappa shape index (κ3) is 6.12. The predicted molar refractivity (Wildman–Crippen MR) is 123 cm³/mol. The highest BCUT2D eigenvalue weighted by Crippen LogP contribution is 2.37. The molecule has 34 heavy (non-hydrogen) atoms. The summed E-state index contributed by atoms with van der Waals surface area (Å²) in [5, 5.41) is 11.2. The molecule has 0 aliphatic carbocycles. The third-order valence-corrected chi connectivity index (χ3v) is 6.25. The van der Waals surface area contributed by atoms with Crippen LogP contribution in [0.4, 0.5) is 4.39 Å². The molecule has 1 aliphatic rings. The molecule has 2 heterocycles. The Labute approximate surface area is 201 Å². The van der Waals surface area contributed by atoms with E-state index in [4.69, 9.17) is 21.1 Å². The highest BCUT2D eigenvalue weighted by atomic mass is 35.5. The van der Waals surface area contributed by atoms with Crippen molar-refractivity contribution < 1.29 is 23.8 Å². The van der Waals surface area contributed by atoms with Crippen molar-refractivity contribution in [2.24, 2.45) is 0 Å². The fourth-order valence-corrected chi connectivity index (χ4v) is 4.20. The number of nitrogens with one attached hydrogen (secondary N) is 1. The van der Waals surface area contributed by atoms with Crippen LogP contribution in [0.15, 0.2) is 40.1 Å². The number of aliphatic hydroxyl groups excluding tert-OH is 1. The Balaban J connectivity index is 1.81. The van der Waals surface area contributed by atoms with Gasteiger partial charge >= 0.3 is 11.7 Å². The number of aliphatic hydroxyl groups is 1. The van der Waals surface area contributed by atoms with Crippen LogP contribution in [0.2, 0.25) is 5.02 Å². The van der Waals surface area contributed by atoms with Crippen molar-refractivity contribution in [2.75, 3.05) is 26.2 Å². The zero-order valence-electron chi connectivity index (χ0n) is 19.1. The first-order valence-electron chi connectivity index (χ1n) is 11.2. The fraction of sp³-hybridized carbons (Fsp3) is 0.522. The summed E-state index contributed by atoms with van der Waals surface area (Å²) in [6.07, 6.45) is -1.13. The van der Waals surface area contributed by atoms with E-state index in [2.05, 4.69) is 4.90 Å². The van der Waals surface area contributed by atoms with E-state index in [1.165, 1.54) is 0 Å². The second-order valence-corrected chi connectivity index (χ2v) is 8.68. The second-order valence-electron chi connectivity index (χ2n) is 8.24. The maximum atomic E-state index is 14.1. The molecule has 3 rings (SSSR count). The number of aromatic amines is 1. The number of carbonyl (C=O) groups is 1. The lowest BCUT2D eigenvalue weighted by Crippen LogP contribution is -2.46. The van der Waals surface area contributed by atoms with Gasteiger partial charge in [-0.05, 0) is 30.8 Å². The number of rotatable bonds is 10. The molecule has 11 heteroatoms. The number of H-pyrrole nitrogens is 1. The first-order valence-corrected chi connectivity index (χ1v) is 11.6. The smallest absolute Gasteiger partial charge is 0.330 e. The van der Waals surface area contributed by atoms with Crippen LogP contribution in [0, 0.1) is 5.82 Å². The molecule has 0 unspecified atom stereocenters. The van der Waals surface area contributed by atoms with Crippen molar-refractivity contribution in [3.63, 3.8) is 0 Å². The summed E-state index contributed by atoms with van der Waals surface area (Å²) in [5.74, 6) is -1.61. The lowest BCUT2D eigenvalue weighted by atomic mass is 9.97. The first-order chi connectivity index (χ1) is 16.2. The van der Waals surface area contributed by atoms with Gasteiger partial charge in [-0.15, -0.1) is 0 Å². The molecule has 1 aromatic heterocycles. The second kappa shape index (κ2) is 11.3. The van der Waals surface area contributed by atoms with Gasteiger partial charge in [-0.3, -0.25) is 19.1 Å². The molecule has 0 spiro atoms. The van der Waals surface area contributed by atoms with E-state index in [0.717, 1.165) is 23.9 Å². The normalized spacial score (nSPS) is 22.3. The molecule has 0 amide bonds. The summed E-state index contributed by atoms with van der Waals surface area (Å²) < 4.78 is 26.4. The molecule has 186 valence electrons. The number of benzene rings is 1. The van der Waals surface area contributed by atoms with E-state index < -0.39 is 41.0 Å². The van der Waals surface area contributed by atoms with Crippen LogP contribution in [0.1, 0.15) is 32.3 Å². The van der Waals surface area contributed by atoms with Gasteiger partial charge in [0.15, 0.2) is 5.72 Å². The number of carbonyl (C=O) groups excluding carboxylic acids is 1. The number of hydrogen-bond donors (Lipinski definition) is 2. The Kier molecular flexibility index (Phi) is 8.64. The lowest BCUT2D eigenvalue weighted by molar-refractivity contribution is -0.158. The molecule has 1 fully saturated rings. The summed E-state index contributed by atoms with van der Waals surface area (Å²) in [7, 11) is 0. The average Bonchev–Trinajstić information content (AvgIpc) is 3.12. The van der Waals surface area contributed by atoms with Gasteiger partial charge in [-0.1, -0.05) is 37.6 Å². The minimum atomic E-state index is -1.52. The monoisotopic (exact) mass is 497 g/mol. The lowest BCUT2D eigenvalue weighted by Gasteiger charge is -2.31. The van der Waals surface area contributed by atoms with Crippen LogP contribution >= 0.6 is 11.6 Å². The summed E-state index contributed by atoms with van der Waals surface area (Å²) in [6.45, 7) is 5.93. The molecule has 2 N–H and O–H groups in total. The summed E-state index contributed by atoms with van der Waals surface area (Å²) in [6, 6.07) is 6.74. The fourth-order valence-electron chi connectivity index (χ4n) is 4.07. The highest BCUT2D eigenvalue weighted by molar-refractivity contribution is 6.30. The summed E-state index contributed by atoms with van der Waals surface area (Å²) >= 11 is 5.96. The zero-order valence-corrected chi connectivity index (χ0v) is 19.9. The van der Waals surface area contributed by atoms with Crippen LogP contribution < -0.4 is 11.2 Å². The van der Waals surface area contributed by atoms with Crippen LogP contribution in [0.5, 0.6) is 0 Å². The molecule has 1 aromatic carbocycles. The standard InChI is InChI=1S/C23H29ClFN3O6/c1-3-27(4-2)10-9-20(30)33-14-19-18(29)12-23(34-19,11-15-5-7-16(24)8-6-15)28-13-17(25)21(31)26-22(28)32/h5-8,13,18-19,29H,3-4,9-12,14H2,1-2H3,(H,26,31,32)/t18-,19+,23+/m0/s1. The average molecular weight is 498 g/mol. The molecular formula is C23H29ClFN3O6. The van der Waals surface area contributed by atoms with E-state index in [-0.39, 0.29) is 25.9 Å². The van der Waals surface area contributed by atoms with Crippen molar-refractivity contribution in [1.29, 1.82) is 0 Å². The zero-order chi connectivity index (χ0) is 24.9. The Morgan fingerprint density at radius 3 is 2.65 bits per heavy atom. The first kappa shape index (κ1) is 26.1. The summed E-state index contributed by atoms with van der Waals surface area (Å²) in [5.41, 5.74) is -2.86. The van der Waals surface area contributed by atoms with Gasteiger partial charge in [0, 0.05) is 24.4 Å². The van der Waals surface area contributed by atoms with Gasteiger partial charge in [0.25, 0.3) is 5.56 Å². The van der Waals surface area contributed by atoms with Crippen LogP contribution in [0.25, 0.3) is 0 Å². The number of halogens is 2. The van der Waals surface area contributed by atoms with Crippen molar-refractivity contribution in [1.82, 2.24) is 14.5 Å². The molecular weight excluding hydrogens is 469 g/mol. The molecule has 9 nitrogen and oxygen atoms in total. The van der Waals surface area contributed by atoms with Gasteiger partial charge < -0.3 is 19.5 Å². The van der Waals surface area contributed by atoms with E-state index in [0.29, 0.717) is 17.1 Å². The van der Waals surface area contributed by atoms with Crippen LogP contribution in [-0.4, -0.2) is 64.0 Å². The van der Waals surface area contributed by atoms with E-state index in [1.54, 1.807) is 24.3 Å². The molecule has 3 atom stereocenters. The van der Waals surface area contributed by atoms with Gasteiger partial charge in [0.2, 0.25) is 5.82 Å². The van der Waals surface area contributed by atoms with Crippen LogP contribution in [-0.2, 0) is 26.4 Å². The maximum absolute atomic E-state index is 14.1. The number of esters is 1. The molecule has 1 saturated heterocycles. The van der Waals surface area contributed by atoms with Crippen molar-refractivity contribution >= 4 is 17.6 Å². The number of hydrogen-bond acceptors (Lipinski definition) is 7. The van der Waals surface area contributed by atoms with Crippen molar-refractivity contribution in [2.45, 2.75) is 51.0 Å². The number of nitrogens with zero attached hydrogens (tertiary/aromatic N) is 2. The SMILES string of the molecule is CCN(CC)CCC(=O)OC[C@H]1O[C@@](Cc2ccc(Cl)cc2)(n2cc(F)c(=O)[nH]c2=O)C[C@@H]1O. The van der Waals surface area contributed by atoms with Gasteiger partial charge in [-0.2, -0.15) is 4.39 Å². The molecule has 0 saturated carbocycles. The van der Waals surface area contributed by atoms with Crippen molar-refractivity contribution in [3.8, 4) is 0 Å². The number of aromatic nitrogens is 2. The predicted octanol–water partition coefficient (Wildman–Crippen LogP) is 1.65. The summed E-state index contributed by atoms with van der Waals surface area (Å²) in [4.78, 5) is 40.3. The quantitative estimate of drug-likeness (QED) is 0.480.